The Morgan fingerprint density at radius 2 is 1.77 bits per heavy atom. The first-order chi connectivity index (χ1) is 14.7. The normalized spacial score (nSPS) is 22.8. The number of benzene rings is 2. The molecule has 0 saturated carbocycles. The van der Waals surface area contributed by atoms with Gasteiger partial charge >= 0.3 is 0 Å². The number of piperazine rings is 1. The van der Waals surface area contributed by atoms with Crippen molar-refractivity contribution in [1.29, 1.82) is 0 Å². The highest BCUT2D eigenvalue weighted by Gasteiger charge is 2.28. The summed E-state index contributed by atoms with van der Waals surface area (Å²) in [5, 5.41) is 3.65. The van der Waals surface area contributed by atoms with Crippen LogP contribution in [-0.4, -0.2) is 57.2 Å². The number of rotatable bonds is 4. The van der Waals surface area contributed by atoms with E-state index in [1.165, 1.54) is 23.2 Å². The Bertz CT molecular complexity index is 813. The number of nitrogens with one attached hydrogen (secondary N) is 1. The summed E-state index contributed by atoms with van der Waals surface area (Å²) < 4.78 is 6.19. The Labute approximate surface area is 180 Å². The van der Waals surface area contributed by atoms with Gasteiger partial charge in [0.2, 0.25) is 0 Å². The fraction of sp³-hybridized carbons (Fsp3) is 0.480. The van der Waals surface area contributed by atoms with Crippen LogP contribution in [0.25, 0.3) is 0 Å². The van der Waals surface area contributed by atoms with Crippen molar-refractivity contribution < 1.29 is 4.74 Å². The van der Waals surface area contributed by atoms with Crippen LogP contribution in [0.15, 0.2) is 59.6 Å². The summed E-state index contributed by atoms with van der Waals surface area (Å²) in [6.45, 7) is 7.88. The van der Waals surface area contributed by atoms with Crippen LogP contribution in [0, 0.1) is 12.8 Å². The minimum atomic E-state index is 0.167. The van der Waals surface area contributed by atoms with E-state index in [2.05, 4.69) is 81.6 Å². The molecular formula is C25H34N4O. The Balaban J connectivity index is 1.33. The molecule has 0 radical (unpaired) electrons. The predicted molar refractivity (Wildman–Crippen MR) is 124 cm³/mol. The summed E-state index contributed by atoms with van der Waals surface area (Å²) in [7, 11) is 1.89. The molecule has 2 aromatic rings. The molecule has 2 heterocycles. The minimum absolute atomic E-state index is 0.167. The molecule has 5 heteroatoms. The fourth-order valence-electron chi connectivity index (χ4n) is 4.55. The second kappa shape index (κ2) is 9.98. The van der Waals surface area contributed by atoms with Gasteiger partial charge in [-0.05, 0) is 37.5 Å². The molecule has 1 N–H and O–H groups in total. The predicted octanol–water partition coefficient (Wildman–Crippen LogP) is 3.86. The van der Waals surface area contributed by atoms with Crippen LogP contribution >= 0.6 is 0 Å². The van der Waals surface area contributed by atoms with Crippen molar-refractivity contribution in [3.05, 3.63) is 65.7 Å². The zero-order valence-electron chi connectivity index (χ0n) is 18.3. The third kappa shape index (κ3) is 4.96. The zero-order valence-corrected chi connectivity index (χ0v) is 18.3. The van der Waals surface area contributed by atoms with Crippen LogP contribution in [0.4, 0.5) is 5.69 Å². The van der Waals surface area contributed by atoms with Crippen molar-refractivity contribution >= 4 is 11.6 Å². The molecule has 2 aliphatic heterocycles. The smallest absolute Gasteiger partial charge is 0.193 e. The fourth-order valence-corrected chi connectivity index (χ4v) is 4.55. The molecule has 2 fully saturated rings. The molecule has 160 valence electrons. The van der Waals surface area contributed by atoms with Crippen LogP contribution in [0.5, 0.6) is 0 Å². The van der Waals surface area contributed by atoms with Gasteiger partial charge in [-0.1, -0.05) is 48.0 Å². The summed E-state index contributed by atoms with van der Waals surface area (Å²) >= 11 is 0. The lowest BCUT2D eigenvalue weighted by Crippen LogP contribution is -2.53. The van der Waals surface area contributed by atoms with E-state index in [9.17, 15) is 0 Å². The minimum Gasteiger partial charge on any atom is -0.373 e. The van der Waals surface area contributed by atoms with E-state index in [0.29, 0.717) is 5.92 Å². The van der Waals surface area contributed by atoms with Crippen molar-refractivity contribution in [3.8, 4) is 0 Å². The number of anilines is 1. The van der Waals surface area contributed by atoms with E-state index in [1.807, 2.05) is 7.05 Å². The first kappa shape index (κ1) is 20.7. The highest BCUT2D eigenvalue weighted by Crippen LogP contribution is 2.33. The number of ether oxygens (including phenoxy) is 1. The molecular weight excluding hydrogens is 372 g/mol. The Hall–Kier alpha value is -2.53. The molecule has 4 rings (SSSR count). The largest absolute Gasteiger partial charge is 0.373 e. The number of hydrogen-bond donors (Lipinski definition) is 1. The van der Waals surface area contributed by atoms with E-state index in [4.69, 9.17) is 4.74 Å². The molecule has 30 heavy (non-hydrogen) atoms. The van der Waals surface area contributed by atoms with Crippen molar-refractivity contribution in [2.24, 2.45) is 10.9 Å². The number of para-hydroxylation sites is 1. The molecule has 5 nitrogen and oxygen atoms in total. The topological polar surface area (TPSA) is 40.1 Å². The maximum atomic E-state index is 6.19. The van der Waals surface area contributed by atoms with Crippen LogP contribution < -0.4 is 10.2 Å². The van der Waals surface area contributed by atoms with Gasteiger partial charge in [0, 0.05) is 58.0 Å². The average Bonchev–Trinajstić information content (AvgIpc) is 2.81. The quantitative estimate of drug-likeness (QED) is 0.618. The van der Waals surface area contributed by atoms with Gasteiger partial charge in [-0.2, -0.15) is 0 Å². The maximum Gasteiger partial charge on any atom is 0.193 e. The SMILES string of the molecule is CN=C(NCC1CCCOC1c1ccc(C)cc1)N1CCN(c2ccccc2)CC1. The molecule has 2 unspecified atom stereocenters. The first-order valence-electron chi connectivity index (χ1n) is 11.2. The van der Waals surface area contributed by atoms with Gasteiger partial charge in [-0.3, -0.25) is 4.99 Å². The van der Waals surface area contributed by atoms with Gasteiger partial charge in [-0.15, -0.1) is 0 Å². The lowest BCUT2D eigenvalue weighted by atomic mass is 9.89. The van der Waals surface area contributed by atoms with Crippen molar-refractivity contribution in [2.75, 3.05) is 51.3 Å². The Kier molecular flexibility index (Phi) is 6.90. The van der Waals surface area contributed by atoms with Gasteiger partial charge < -0.3 is 19.9 Å². The first-order valence-corrected chi connectivity index (χ1v) is 11.2. The lowest BCUT2D eigenvalue weighted by Gasteiger charge is -2.38. The molecule has 0 bridgehead atoms. The highest BCUT2D eigenvalue weighted by atomic mass is 16.5. The third-order valence-electron chi connectivity index (χ3n) is 6.29. The van der Waals surface area contributed by atoms with Crippen molar-refractivity contribution in [1.82, 2.24) is 10.2 Å². The molecule has 0 amide bonds. The molecule has 0 spiro atoms. The number of aliphatic imine (C=N–C) groups is 1. The number of nitrogens with zero attached hydrogens (tertiary/aromatic N) is 3. The molecule has 2 aliphatic rings. The maximum absolute atomic E-state index is 6.19. The van der Waals surface area contributed by atoms with E-state index in [-0.39, 0.29) is 6.10 Å². The van der Waals surface area contributed by atoms with Crippen LogP contribution in [0.1, 0.15) is 30.1 Å². The number of hydrogen-bond acceptors (Lipinski definition) is 3. The van der Waals surface area contributed by atoms with Crippen molar-refractivity contribution in [2.45, 2.75) is 25.9 Å². The van der Waals surface area contributed by atoms with E-state index >= 15 is 0 Å². The zero-order chi connectivity index (χ0) is 20.8. The molecule has 2 aromatic carbocycles. The van der Waals surface area contributed by atoms with Gasteiger partial charge in [0.15, 0.2) is 5.96 Å². The van der Waals surface area contributed by atoms with E-state index in [0.717, 1.165) is 51.7 Å². The van der Waals surface area contributed by atoms with Gasteiger partial charge in [0.25, 0.3) is 0 Å². The highest BCUT2D eigenvalue weighted by molar-refractivity contribution is 5.80. The van der Waals surface area contributed by atoms with Gasteiger partial charge in [-0.25, -0.2) is 0 Å². The summed E-state index contributed by atoms with van der Waals surface area (Å²) in [5.74, 6) is 1.47. The average molecular weight is 407 g/mol. The summed E-state index contributed by atoms with van der Waals surface area (Å²) in [5.41, 5.74) is 3.89. The molecule has 0 aromatic heterocycles. The number of guanidine groups is 1. The molecule has 0 aliphatic carbocycles. The summed E-state index contributed by atoms with van der Waals surface area (Å²) in [4.78, 5) is 9.40. The van der Waals surface area contributed by atoms with E-state index < -0.39 is 0 Å². The molecule has 2 atom stereocenters. The Morgan fingerprint density at radius 1 is 1.03 bits per heavy atom. The monoisotopic (exact) mass is 406 g/mol. The van der Waals surface area contributed by atoms with Gasteiger partial charge in [0.1, 0.15) is 0 Å². The van der Waals surface area contributed by atoms with Crippen LogP contribution in [-0.2, 0) is 4.74 Å². The third-order valence-corrected chi connectivity index (χ3v) is 6.29. The Morgan fingerprint density at radius 3 is 2.47 bits per heavy atom. The second-order valence-corrected chi connectivity index (χ2v) is 8.34. The standard InChI is InChI=1S/C25H34N4O/c1-20-10-12-21(13-11-20)24-22(7-6-18-30-24)19-27-25(26-2)29-16-14-28(15-17-29)23-8-4-3-5-9-23/h3-5,8-13,22,24H,6-7,14-19H2,1-2H3,(H,26,27). The molecule has 2 saturated heterocycles. The summed E-state index contributed by atoms with van der Waals surface area (Å²) in [6.07, 6.45) is 2.48. The summed E-state index contributed by atoms with van der Waals surface area (Å²) in [6, 6.07) is 19.5. The van der Waals surface area contributed by atoms with Crippen LogP contribution in [0.3, 0.4) is 0 Å². The lowest BCUT2D eigenvalue weighted by molar-refractivity contribution is -0.0266. The van der Waals surface area contributed by atoms with Gasteiger partial charge in [0.05, 0.1) is 6.10 Å². The number of aryl methyl sites for hydroxylation is 1. The van der Waals surface area contributed by atoms with E-state index in [1.54, 1.807) is 0 Å². The second-order valence-electron chi connectivity index (χ2n) is 8.34. The van der Waals surface area contributed by atoms with Crippen LogP contribution in [0.2, 0.25) is 0 Å². The van der Waals surface area contributed by atoms with Crippen molar-refractivity contribution in [3.63, 3.8) is 0 Å².